The first kappa shape index (κ1) is 20.1. The van der Waals surface area contributed by atoms with Crippen molar-refractivity contribution in [1.29, 1.82) is 0 Å². The van der Waals surface area contributed by atoms with Gasteiger partial charge in [-0.15, -0.1) is 0 Å². The van der Waals surface area contributed by atoms with Crippen LogP contribution in [0.5, 0.6) is 0 Å². The van der Waals surface area contributed by atoms with Crippen molar-refractivity contribution < 1.29 is 19.7 Å². The molecule has 3 N–H and O–H groups in total. The van der Waals surface area contributed by atoms with E-state index in [1.807, 2.05) is 0 Å². The number of carboxylic acid groups (broad SMARTS) is 1. The zero-order valence-electron chi connectivity index (χ0n) is 13.9. The fraction of sp³-hybridized carbons (Fsp3) is 0.188. The summed E-state index contributed by atoms with van der Waals surface area (Å²) in [5, 5.41) is 32.4. The molecule has 2 rings (SSSR count). The molecular weight excluding hydrogens is 376 g/mol. The Morgan fingerprint density at radius 3 is 2.22 bits per heavy atom. The van der Waals surface area contributed by atoms with Crippen molar-refractivity contribution in [2.75, 3.05) is 17.3 Å². The third-order valence-corrected chi connectivity index (χ3v) is 4.59. The average molecular weight is 392 g/mol. The third kappa shape index (κ3) is 3.55. The lowest BCUT2D eigenvalue weighted by atomic mass is 9.89. The first-order chi connectivity index (χ1) is 12.8. The van der Waals surface area contributed by atoms with Crippen LogP contribution >= 0.6 is 12.6 Å². The first-order valence-electron chi connectivity index (χ1n) is 7.60. The summed E-state index contributed by atoms with van der Waals surface area (Å²) in [5.74, 6) is -1.57. The van der Waals surface area contributed by atoms with Crippen LogP contribution in [0.4, 0.5) is 17.1 Å². The standard InChI is InChI=1S/C16H16N4O6S/c17-10-18(13-7-6-12(19(23)24)8-14(13)20(25)26)16(9-27,15(21)22)11-4-2-1-3-5-11/h1-8,27H,9-10,17H2,(H,21,22). The Morgan fingerprint density at radius 2 is 1.78 bits per heavy atom. The van der Waals surface area contributed by atoms with Crippen LogP contribution in [0.2, 0.25) is 0 Å². The number of benzene rings is 2. The third-order valence-electron chi connectivity index (χ3n) is 4.13. The molecule has 0 fully saturated rings. The van der Waals surface area contributed by atoms with Gasteiger partial charge in [-0.3, -0.25) is 20.2 Å². The smallest absolute Gasteiger partial charge is 0.335 e. The molecule has 0 radical (unpaired) electrons. The van der Waals surface area contributed by atoms with E-state index >= 15 is 0 Å². The van der Waals surface area contributed by atoms with Crippen molar-refractivity contribution in [3.63, 3.8) is 0 Å². The molecule has 0 spiro atoms. The van der Waals surface area contributed by atoms with E-state index in [2.05, 4.69) is 12.6 Å². The maximum Gasteiger partial charge on any atom is 0.335 e. The highest BCUT2D eigenvalue weighted by atomic mass is 32.1. The van der Waals surface area contributed by atoms with E-state index in [9.17, 15) is 30.1 Å². The molecule has 0 amide bonds. The summed E-state index contributed by atoms with van der Waals surface area (Å²) in [6.07, 6.45) is 0. The van der Waals surface area contributed by atoms with E-state index in [-0.39, 0.29) is 11.4 Å². The first-order valence-corrected chi connectivity index (χ1v) is 8.23. The fourth-order valence-electron chi connectivity index (χ4n) is 2.81. The van der Waals surface area contributed by atoms with Crippen LogP contribution in [-0.4, -0.2) is 33.3 Å². The lowest BCUT2D eigenvalue weighted by Gasteiger charge is -2.40. The zero-order chi connectivity index (χ0) is 20.2. The summed E-state index contributed by atoms with van der Waals surface area (Å²) < 4.78 is 0. The minimum absolute atomic E-state index is 0.159. The van der Waals surface area contributed by atoms with Crippen LogP contribution in [0.1, 0.15) is 5.56 Å². The summed E-state index contributed by atoms with van der Waals surface area (Å²) in [5.41, 5.74) is 2.99. The van der Waals surface area contributed by atoms with E-state index in [4.69, 9.17) is 5.73 Å². The molecule has 10 nitrogen and oxygen atoms in total. The summed E-state index contributed by atoms with van der Waals surface area (Å²) in [7, 11) is 0. The molecule has 1 atom stereocenters. The zero-order valence-corrected chi connectivity index (χ0v) is 14.8. The number of hydrogen-bond donors (Lipinski definition) is 3. The van der Waals surface area contributed by atoms with Gasteiger partial charge >= 0.3 is 5.97 Å². The van der Waals surface area contributed by atoms with E-state index in [0.717, 1.165) is 23.1 Å². The summed E-state index contributed by atoms with van der Waals surface area (Å²) in [6, 6.07) is 11.0. The molecule has 142 valence electrons. The number of carboxylic acids is 1. The van der Waals surface area contributed by atoms with Gasteiger partial charge in [-0.1, -0.05) is 30.3 Å². The average Bonchev–Trinajstić information content (AvgIpc) is 2.66. The molecule has 2 aromatic rings. The predicted octanol–water partition coefficient (Wildman–Crippen LogP) is 2.14. The number of anilines is 1. The van der Waals surface area contributed by atoms with Gasteiger partial charge in [-0.25, -0.2) is 4.79 Å². The largest absolute Gasteiger partial charge is 0.479 e. The summed E-state index contributed by atoms with van der Waals surface area (Å²) in [4.78, 5) is 34.2. The molecule has 0 aliphatic heterocycles. The second-order valence-corrected chi connectivity index (χ2v) is 5.80. The number of nitrogens with two attached hydrogens (primary N) is 1. The molecule has 27 heavy (non-hydrogen) atoms. The molecule has 0 bridgehead atoms. The molecule has 0 saturated heterocycles. The Hall–Kier alpha value is -3.18. The lowest BCUT2D eigenvalue weighted by Crippen LogP contribution is -2.56. The Bertz CT molecular complexity index is 878. The van der Waals surface area contributed by atoms with Crippen molar-refractivity contribution in [3.8, 4) is 0 Å². The Balaban J connectivity index is 2.77. The minimum atomic E-state index is -1.82. The molecule has 0 aliphatic rings. The molecule has 2 aromatic carbocycles. The second-order valence-electron chi connectivity index (χ2n) is 5.49. The van der Waals surface area contributed by atoms with Crippen molar-refractivity contribution in [1.82, 2.24) is 0 Å². The van der Waals surface area contributed by atoms with Gasteiger partial charge in [-0.2, -0.15) is 12.6 Å². The predicted molar refractivity (Wildman–Crippen MR) is 101 cm³/mol. The summed E-state index contributed by atoms with van der Waals surface area (Å²) >= 11 is 4.18. The van der Waals surface area contributed by atoms with Crippen LogP contribution in [0.3, 0.4) is 0 Å². The van der Waals surface area contributed by atoms with Crippen LogP contribution in [0.15, 0.2) is 48.5 Å². The van der Waals surface area contributed by atoms with Crippen molar-refractivity contribution in [3.05, 3.63) is 74.3 Å². The Labute approximate surface area is 158 Å². The SMILES string of the molecule is NCN(c1ccc([N+](=O)[O-])cc1[N+](=O)[O-])C(CS)(C(=O)O)c1ccccc1. The maximum absolute atomic E-state index is 12.3. The topological polar surface area (TPSA) is 153 Å². The quantitative estimate of drug-likeness (QED) is 0.267. The molecule has 0 aromatic heterocycles. The number of nitro benzene ring substituents is 2. The van der Waals surface area contributed by atoms with E-state index in [1.54, 1.807) is 30.3 Å². The number of hydrogen-bond acceptors (Lipinski definition) is 8. The van der Waals surface area contributed by atoms with Crippen molar-refractivity contribution >= 4 is 35.7 Å². The number of rotatable bonds is 8. The van der Waals surface area contributed by atoms with Crippen LogP contribution < -0.4 is 10.6 Å². The lowest BCUT2D eigenvalue weighted by molar-refractivity contribution is -0.393. The number of aliphatic carboxylic acids is 1. The number of nitro groups is 2. The van der Waals surface area contributed by atoms with Gasteiger partial charge in [0.2, 0.25) is 0 Å². The molecule has 0 saturated carbocycles. The van der Waals surface area contributed by atoms with Gasteiger partial charge in [-0.05, 0) is 11.6 Å². The van der Waals surface area contributed by atoms with Gasteiger partial charge in [0.1, 0.15) is 5.69 Å². The van der Waals surface area contributed by atoms with Crippen LogP contribution in [0, 0.1) is 20.2 Å². The maximum atomic E-state index is 12.3. The van der Waals surface area contributed by atoms with E-state index in [1.165, 1.54) is 0 Å². The van der Waals surface area contributed by atoms with Crippen LogP contribution in [0.25, 0.3) is 0 Å². The van der Waals surface area contributed by atoms with Crippen molar-refractivity contribution in [2.24, 2.45) is 5.73 Å². The van der Waals surface area contributed by atoms with Crippen molar-refractivity contribution in [2.45, 2.75) is 5.54 Å². The minimum Gasteiger partial charge on any atom is -0.479 e. The highest BCUT2D eigenvalue weighted by molar-refractivity contribution is 7.80. The summed E-state index contributed by atoms with van der Waals surface area (Å²) in [6.45, 7) is -0.402. The number of nitrogens with zero attached hydrogens (tertiary/aromatic N) is 3. The molecule has 1 unspecified atom stereocenters. The molecule has 0 aliphatic carbocycles. The molecule has 11 heteroatoms. The van der Waals surface area contributed by atoms with E-state index < -0.39 is 39.4 Å². The number of thiol groups is 1. The highest BCUT2D eigenvalue weighted by Gasteiger charge is 2.46. The highest BCUT2D eigenvalue weighted by Crippen LogP contribution is 2.40. The second kappa shape index (κ2) is 8.01. The van der Waals surface area contributed by atoms with Crippen LogP contribution in [-0.2, 0) is 10.3 Å². The van der Waals surface area contributed by atoms with Gasteiger partial charge < -0.3 is 15.7 Å². The molecule has 0 heterocycles. The fourth-order valence-corrected chi connectivity index (χ4v) is 3.30. The Morgan fingerprint density at radius 1 is 1.15 bits per heavy atom. The van der Waals surface area contributed by atoms with Gasteiger partial charge in [0, 0.05) is 11.8 Å². The number of non-ortho nitro benzene ring substituents is 1. The van der Waals surface area contributed by atoms with Gasteiger partial charge in [0.25, 0.3) is 11.4 Å². The monoisotopic (exact) mass is 392 g/mol. The normalized spacial score (nSPS) is 12.8. The molecular formula is C16H16N4O6S. The van der Waals surface area contributed by atoms with E-state index in [0.29, 0.717) is 5.56 Å². The van der Waals surface area contributed by atoms with Gasteiger partial charge in [0.05, 0.1) is 22.6 Å². The number of carbonyl (C=O) groups is 1. The Kier molecular flexibility index (Phi) is 5.98. The van der Waals surface area contributed by atoms with Gasteiger partial charge in [0.15, 0.2) is 5.54 Å².